The molecule has 1 amide bonds. The summed E-state index contributed by atoms with van der Waals surface area (Å²) in [4.78, 5) is 37.9. The molecule has 0 aliphatic carbocycles. The van der Waals surface area contributed by atoms with Crippen LogP contribution in [-0.2, 0) is 9.59 Å². The zero-order valence-corrected chi connectivity index (χ0v) is 14.1. The standard InChI is InChI=1S/C16H16N2O6S/c1-24-11-4-2-9(3-5-11)15-18-12(8-25-15)14(21)17-7-10(16(22)23)6-13(19)20/h2-5,8,10H,6-7H2,1H3,(H,17,21)(H,19,20)(H,22,23). The summed E-state index contributed by atoms with van der Waals surface area (Å²) in [5.41, 5.74) is 0.967. The highest BCUT2D eigenvalue weighted by atomic mass is 32.1. The van der Waals surface area contributed by atoms with Crippen molar-refractivity contribution in [3.05, 3.63) is 35.3 Å². The van der Waals surface area contributed by atoms with Crippen LogP contribution in [0.5, 0.6) is 5.75 Å². The number of aliphatic carboxylic acids is 2. The molecule has 1 aromatic carbocycles. The Morgan fingerprint density at radius 2 is 1.92 bits per heavy atom. The first kappa shape index (κ1) is 18.4. The van der Waals surface area contributed by atoms with Crippen LogP contribution < -0.4 is 10.1 Å². The predicted molar refractivity (Wildman–Crippen MR) is 89.8 cm³/mol. The lowest BCUT2D eigenvalue weighted by Gasteiger charge is -2.10. The summed E-state index contributed by atoms with van der Waals surface area (Å²) in [6.45, 7) is -0.282. The number of nitrogens with zero attached hydrogens (tertiary/aromatic N) is 1. The van der Waals surface area contributed by atoms with Crippen molar-refractivity contribution in [1.82, 2.24) is 10.3 Å². The molecule has 9 heteroatoms. The third-order valence-corrected chi connectivity index (χ3v) is 4.24. The molecular formula is C16H16N2O6S. The number of nitrogens with one attached hydrogen (secondary N) is 1. The molecule has 1 aromatic heterocycles. The predicted octanol–water partition coefficient (Wildman–Crippen LogP) is 1.72. The van der Waals surface area contributed by atoms with Gasteiger partial charge in [-0.05, 0) is 24.3 Å². The van der Waals surface area contributed by atoms with Crippen LogP contribution in [-0.4, -0.2) is 46.7 Å². The van der Waals surface area contributed by atoms with Crippen LogP contribution in [0.1, 0.15) is 16.9 Å². The first-order valence-electron chi connectivity index (χ1n) is 7.23. The van der Waals surface area contributed by atoms with Crippen molar-refractivity contribution in [1.29, 1.82) is 0 Å². The van der Waals surface area contributed by atoms with Gasteiger partial charge in [-0.15, -0.1) is 11.3 Å². The number of hydrogen-bond acceptors (Lipinski definition) is 6. The number of amides is 1. The summed E-state index contributed by atoms with van der Waals surface area (Å²) >= 11 is 1.27. The van der Waals surface area contributed by atoms with Gasteiger partial charge in [-0.1, -0.05) is 0 Å². The van der Waals surface area contributed by atoms with Crippen LogP contribution in [0, 0.1) is 5.92 Å². The molecule has 3 N–H and O–H groups in total. The van der Waals surface area contributed by atoms with E-state index in [1.807, 2.05) is 12.1 Å². The van der Waals surface area contributed by atoms with E-state index in [-0.39, 0.29) is 12.2 Å². The molecule has 0 saturated carbocycles. The summed E-state index contributed by atoms with van der Waals surface area (Å²) < 4.78 is 5.08. The minimum atomic E-state index is -1.28. The number of carbonyl (C=O) groups is 3. The molecule has 25 heavy (non-hydrogen) atoms. The van der Waals surface area contributed by atoms with Gasteiger partial charge in [0.1, 0.15) is 16.5 Å². The number of carboxylic acid groups (broad SMARTS) is 2. The molecule has 0 aliphatic heterocycles. The Balaban J connectivity index is 2.01. The van der Waals surface area contributed by atoms with Crippen molar-refractivity contribution in [2.24, 2.45) is 5.92 Å². The van der Waals surface area contributed by atoms with E-state index in [9.17, 15) is 14.4 Å². The lowest BCUT2D eigenvalue weighted by atomic mass is 10.1. The molecular weight excluding hydrogens is 348 g/mol. The van der Waals surface area contributed by atoms with Gasteiger partial charge < -0.3 is 20.3 Å². The topological polar surface area (TPSA) is 126 Å². The molecule has 2 aromatic rings. The van der Waals surface area contributed by atoms with Crippen molar-refractivity contribution >= 4 is 29.2 Å². The van der Waals surface area contributed by atoms with Gasteiger partial charge in [0.05, 0.1) is 19.4 Å². The normalized spacial score (nSPS) is 11.6. The molecule has 0 fully saturated rings. The number of hydrogen-bond donors (Lipinski definition) is 3. The monoisotopic (exact) mass is 364 g/mol. The minimum absolute atomic E-state index is 0.148. The van der Waals surface area contributed by atoms with Gasteiger partial charge in [-0.2, -0.15) is 0 Å². The van der Waals surface area contributed by atoms with E-state index in [1.165, 1.54) is 11.3 Å². The average molecular weight is 364 g/mol. The van der Waals surface area contributed by atoms with Crippen molar-refractivity contribution < 1.29 is 29.3 Å². The van der Waals surface area contributed by atoms with E-state index < -0.39 is 30.2 Å². The van der Waals surface area contributed by atoms with Crippen LogP contribution in [0.4, 0.5) is 0 Å². The first-order valence-corrected chi connectivity index (χ1v) is 8.11. The van der Waals surface area contributed by atoms with Gasteiger partial charge in [0.2, 0.25) is 0 Å². The molecule has 0 saturated heterocycles. The molecule has 0 radical (unpaired) electrons. The maximum absolute atomic E-state index is 12.1. The van der Waals surface area contributed by atoms with Gasteiger partial charge in [0.25, 0.3) is 5.91 Å². The van der Waals surface area contributed by atoms with Gasteiger partial charge >= 0.3 is 11.9 Å². The summed E-state index contributed by atoms with van der Waals surface area (Å²) in [6, 6.07) is 7.18. The Bertz CT molecular complexity index is 771. The third-order valence-electron chi connectivity index (χ3n) is 3.35. The maximum Gasteiger partial charge on any atom is 0.308 e. The van der Waals surface area contributed by atoms with Crippen LogP contribution in [0.3, 0.4) is 0 Å². The van der Waals surface area contributed by atoms with Gasteiger partial charge in [0.15, 0.2) is 0 Å². The maximum atomic E-state index is 12.1. The fourth-order valence-electron chi connectivity index (χ4n) is 2.01. The number of rotatable bonds is 8. The quantitative estimate of drug-likeness (QED) is 0.651. The fourth-order valence-corrected chi connectivity index (χ4v) is 2.81. The molecule has 132 valence electrons. The Hall–Kier alpha value is -2.94. The molecule has 1 heterocycles. The lowest BCUT2D eigenvalue weighted by molar-refractivity contribution is -0.148. The summed E-state index contributed by atoms with van der Waals surface area (Å²) in [7, 11) is 1.57. The van der Waals surface area contributed by atoms with E-state index in [0.29, 0.717) is 10.8 Å². The Labute approximate surface area is 147 Å². The largest absolute Gasteiger partial charge is 0.497 e. The highest BCUT2D eigenvalue weighted by molar-refractivity contribution is 7.13. The number of carbonyl (C=O) groups excluding carboxylic acids is 1. The van der Waals surface area contributed by atoms with E-state index >= 15 is 0 Å². The second-order valence-corrected chi connectivity index (χ2v) is 5.97. The number of ether oxygens (including phenoxy) is 1. The van der Waals surface area contributed by atoms with Crippen molar-refractivity contribution in [2.75, 3.05) is 13.7 Å². The second kappa shape index (κ2) is 8.25. The molecule has 8 nitrogen and oxygen atoms in total. The molecule has 1 atom stereocenters. The van der Waals surface area contributed by atoms with Crippen molar-refractivity contribution in [2.45, 2.75) is 6.42 Å². The molecule has 0 spiro atoms. The van der Waals surface area contributed by atoms with Crippen LogP contribution in [0.15, 0.2) is 29.6 Å². The fraction of sp³-hybridized carbons (Fsp3) is 0.250. The first-order chi connectivity index (χ1) is 11.9. The number of thiazole rings is 1. The Kier molecular flexibility index (Phi) is 6.07. The zero-order chi connectivity index (χ0) is 18.4. The molecule has 2 rings (SSSR count). The number of aromatic nitrogens is 1. The van der Waals surface area contributed by atoms with Gasteiger partial charge in [-0.25, -0.2) is 4.98 Å². The number of carboxylic acids is 2. The smallest absolute Gasteiger partial charge is 0.308 e. The third kappa shape index (κ3) is 5.01. The zero-order valence-electron chi connectivity index (χ0n) is 13.3. The Morgan fingerprint density at radius 3 is 2.48 bits per heavy atom. The van der Waals surface area contributed by atoms with Gasteiger partial charge in [-0.3, -0.25) is 14.4 Å². The number of benzene rings is 1. The highest BCUT2D eigenvalue weighted by Gasteiger charge is 2.22. The van der Waals surface area contributed by atoms with E-state index in [1.54, 1.807) is 24.6 Å². The Morgan fingerprint density at radius 1 is 1.24 bits per heavy atom. The summed E-state index contributed by atoms with van der Waals surface area (Å²) in [5, 5.41) is 22.2. The van der Waals surface area contributed by atoms with Crippen LogP contribution in [0.2, 0.25) is 0 Å². The molecule has 0 aliphatic rings. The van der Waals surface area contributed by atoms with Crippen molar-refractivity contribution in [3.63, 3.8) is 0 Å². The summed E-state index contributed by atoms with van der Waals surface area (Å²) in [5.74, 6) is -3.55. The second-order valence-electron chi connectivity index (χ2n) is 5.11. The van der Waals surface area contributed by atoms with Gasteiger partial charge in [0, 0.05) is 17.5 Å². The van der Waals surface area contributed by atoms with E-state index in [4.69, 9.17) is 14.9 Å². The van der Waals surface area contributed by atoms with E-state index in [2.05, 4.69) is 10.3 Å². The lowest BCUT2D eigenvalue weighted by Crippen LogP contribution is -2.34. The highest BCUT2D eigenvalue weighted by Crippen LogP contribution is 2.25. The molecule has 1 unspecified atom stereocenters. The number of methoxy groups -OCH3 is 1. The van der Waals surface area contributed by atoms with Crippen molar-refractivity contribution in [3.8, 4) is 16.3 Å². The van der Waals surface area contributed by atoms with Crippen LogP contribution >= 0.6 is 11.3 Å². The average Bonchev–Trinajstić information content (AvgIpc) is 3.08. The summed E-state index contributed by atoms with van der Waals surface area (Å²) in [6.07, 6.45) is -0.566. The molecule has 0 bridgehead atoms. The minimum Gasteiger partial charge on any atom is -0.497 e. The van der Waals surface area contributed by atoms with Crippen LogP contribution in [0.25, 0.3) is 10.6 Å². The van der Waals surface area contributed by atoms with E-state index in [0.717, 1.165) is 5.56 Å². The SMILES string of the molecule is COc1ccc(-c2nc(C(=O)NCC(CC(=O)O)C(=O)O)cs2)cc1.